The molecular weight excluding hydrogens is 693 g/mol. The van der Waals surface area contributed by atoms with Crippen molar-refractivity contribution in [3.8, 4) is 44.8 Å². The van der Waals surface area contributed by atoms with E-state index in [9.17, 15) is 0 Å². The molecule has 0 radical (unpaired) electrons. The second-order valence-electron chi connectivity index (χ2n) is 14.9. The number of benzene rings is 9. The molecule has 57 heavy (non-hydrogen) atoms. The predicted molar refractivity (Wildman–Crippen MR) is 239 cm³/mol. The molecule has 0 spiro atoms. The second kappa shape index (κ2) is 12.5. The van der Waals surface area contributed by atoms with Gasteiger partial charge in [0, 0.05) is 38.0 Å². The third-order valence-corrected chi connectivity index (χ3v) is 11.7. The SMILES string of the molecule is c1ccc(-c2ccccc2-c2cc(-n3c4ccccc4c4cc(-c5ccc6c7ccccc7n(-c7ccccc7)c6c5)ccc43)c3oc4ccccc4c3c2)cc1. The molecule has 0 aliphatic carbocycles. The van der Waals surface area contributed by atoms with Crippen LogP contribution in [0.2, 0.25) is 0 Å². The zero-order valence-electron chi connectivity index (χ0n) is 30.9. The third-order valence-electron chi connectivity index (χ3n) is 11.7. The van der Waals surface area contributed by atoms with E-state index in [1.165, 1.54) is 60.4 Å². The van der Waals surface area contributed by atoms with Gasteiger partial charge in [-0.1, -0.05) is 146 Å². The zero-order chi connectivity index (χ0) is 37.5. The van der Waals surface area contributed by atoms with E-state index in [2.05, 4.69) is 215 Å². The van der Waals surface area contributed by atoms with Gasteiger partial charge in [-0.2, -0.15) is 0 Å². The quantitative estimate of drug-likeness (QED) is 0.173. The molecule has 0 unspecified atom stereocenters. The summed E-state index contributed by atoms with van der Waals surface area (Å²) in [6.45, 7) is 0. The molecule has 0 atom stereocenters. The summed E-state index contributed by atoms with van der Waals surface area (Å²) in [4.78, 5) is 0. The highest BCUT2D eigenvalue weighted by Crippen LogP contribution is 2.43. The van der Waals surface area contributed by atoms with E-state index in [0.29, 0.717) is 0 Å². The first kappa shape index (κ1) is 31.7. The van der Waals surface area contributed by atoms with Gasteiger partial charge in [0.25, 0.3) is 0 Å². The van der Waals surface area contributed by atoms with Crippen molar-refractivity contribution in [3.63, 3.8) is 0 Å². The number of nitrogens with zero attached hydrogens (tertiary/aromatic N) is 2. The Balaban J connectivity index is 1.10. The molecule has 0 aliphatic rings. The standard InChI is InChI=1S/C54H34N2O/c1-3-15-35(16-4-1)40-19-7-8-20-41(40)38-32-47-45-23-11-14-26-53(45)57-54(47)52(34-38)56-49-25-13-10-22-43(49)46-31-36(28-30-50(46)56)37-27-29-44-42-21-9-12-24-48(42)55(51(44)33-37)39-17-5-2-6-18-39/h1-34H. The molecule has 3 heteroatoms. The highest BCUT2D eigenvalue weighted by molar-refractivity contribution is 6.15. The van der Waals surface area contributed by atoms with Gasteiger partial charge in [0.1, 0.15) is 5.58 Å². The van der Waals surface area contributed by atoms with Crippen LogP contribution in [0.25, 0.3) is 110 Å². The van der Waals surface area contributed by atoms with E-state index >= 15 is 0 Å². The average Bonchev–Trinajstić information content (AvgIpc) is 3.94. The van der Waals surface area contributed by atoms with E-state index < -0.39 is 0 Å². The van der Waals surface area contributed by atoms with E-state index in [4.69, 9.17) is 4.42 Å². The van der Waals surface area contributed by atoms with Gasteiger partial charge in [-0.3, -0.25) is 0 Å². The maximum atomic E-state index is 6.79. The smallest absolute Gasteiger partial charge is 0.159 e. The minimum Gasteiger partial charge on any atom is -0.454 e. The van der Waals surface area contributed by atoms with E-state index in [-0.39, 0.29) is 0 Å². The summed E-state index contributed by atoms with van der Waals surface area (Å²) in [6, 6.07) is 74.4. The third kappa shape index (κ3) is 4.86. The minimum atomic E-state index is 0.878. The van der Waals surface area contributed by atoms with Crippen LogP contribution in [0.3, 0.4) is 0 Å². The van der Waals surface area contributed by atoms with Gasteiger partial charge in [-0.25, -0.2) is 0 Å². The van der Waals surface area contributed by atoms with Crippen molar-refractivity contribution >= 4 is 65.6 Å². The van der Waals surface area contributed by atoms with Crippen LogP contribution in [0.5, 0.6) is 0 Å². The summed E-state index contributed by atoms with van der Waals surface area (Å²) >= 11 is 0. The molecule has 266 valence electrons. The van der Waals surface area contributed by atoms with Crippen LogP contribution in [0.15, 0.2) is 211 Å². The maximum Gasteiger partial charge on any atom is 0.159 e. The summed E-state index contributed by atoms with van der Waals surface area (Å²) in [5.74, 6) is 0. The van der Waals surface area contributed by atoms with E-state index in [0.717, 1.165) is 49.9 Å². The Kier molecular flexibility index (Phi) is 6.93. The van der Waals surface area contributed by atoms with Crippen molar-refractivity contribution in [2.75, 3.05) is 0 Å². The molecule has 9 aromatic carbocycles. The maximum absolute atomic E-state index is 6.79. The number of fused-ring (bicyclic) bond motifs is 9. The van der Waals surface area contributed by atoms with Crippen LogP contribution in [0.4, 0.5) is 0 Å². The summed E-state index contributed by atoms with van der Waals surface area (Å²) < 4.78 is 11.6. The first-order valence-corrected chi connectivity index (χ1v) is 19.5. The minimum absolute atomic E-state index is 0.878. The molecule has 0 bridgehead atoms. The summed E-state index contributed by atoms with van der Waals surface area (Å²) in [6.07, 6.45) is 0. The Morgan fingerprint density at radius 1 is 0.298 bits per heavy atom. The Labute approximate surface area is 328 Å². The number of rotatable bonds is 5. The van der Waals surface area contributed by atoms with Crippen molar-refractivity contribution < 1.29 is 4.42 Å². The Hall–Kier alpha value is -7.62. The lowest BCUT2D eigenvalue weighted by Crippen LogP contribution is -1.96. The molecule has 0 saturated carbocycles. The topological polar surface area (TPSA) is 23.0 Å². The molecule has 12 rings (SSSR count). The van der Waals surface area contributed by atoms with Gasteiger partial charge < -0.3 is 13.6 Å². The molecule has 3 aromatic heterocycles. The normalized spacial score (nSPS) is 11.9. The van der Waals surface area contributed by atoms with Crippen LogP contribution in [0, 0.1) is 0 Å². The van der Waals surface area contributed by atoms with Gasteiger partial charge in [0.15, 0.2) is 5.58 Å². The fraction of sp³-hybridized carbons (Fsp3) is 0. The number of hydrogen-bond acceptors (Lipinski definition) is 1. The van der Waals surface area contributed by atoms with Crippen LogP contribution in [0.1, 0.15) is 0 Å². The van der Waals surface area contributed by atoms with Gasteiger partial charge in [-0.05, 0) is 94.0 Å². The molecular formula is C54H34N2O. The van der Waals surface area contributed by atoms with Crippen molar-refractivity contribution in [1.29, 1.82) is 0 Å². The van der Waals surface area contributed by atoms with E-state index in [1.54, 1.807) is 0 Å². The monoisotopic (exact) mass is 726 g/mol. The van der Waals surface area contributed by atoms with Crippen molar-refractivity contribution in [2.24, 2.45) is 0 Å². The van der Waals surface area contributed by atoms with Gasteiger partial charge >= 0.3 is 0 Å². The molecule has 3 heterocycles. The van der Waals surface area contributed by atoms with Gasteiger partial charge in [0.2, 0.25) is 0 Å². The van der Waals surface area contributed by atoms with Crippen LogP contribution < -0.4 is 0 Å². The molecule has 0 N–H and O–H groups in total. The number of furan rings is 1. The lowest BCUT2D eigenvalue weighted by atomic mass is 9.93. The first-order valence-electron chi connectivity index (χ1n) is 19.5. The highest BCUT2D eigenvalue weighted by atomic mass is 16.3. The second-order valence-corrected chi connectivity index (χ2v) is 14.9. The summed E-state index contributed by atoms with van der Waals surface area (Å²) in [5.41, 5.74) is 15.7. The van der Waals surface area contributed by atoms with Crippen LogP contribution >= 0.6 is 0 Å². The van der Waals surface area contributed by atoms with Crippen molar-refractivity contribution in [2.45, 2.75) is 0 Å². The lowest BCUT2D eigenvalue weighted by molar-refractivity contribution is 0.666. The average molecular weight is 727 g/mol. The van der Waals surface area contributed by atoms with E-state index in [1.807, 2.05) is 0 Å². The number of para-hydroxylation sites is 4. The first-order chi connectivity index (χ1) is 28.3. The Morgan fingerprint density at radius 2 is 0.842 bits per heavy atom. The number of aromatic nitrogens is 2. The summed E-state index contributed by atoms with van der Waals surface area (Å²) in [7, 11) is 0. The largest absolute Gasteiger partial charge is 0.454 e. The predicted octanol–water partition coefficient (Wildman–Crippen LogP) is 14.8. The van der Waals surface area contributed by atoms with Crippen molar-refractivity contribution in [1.82, 2.24) is 9.13 Å². The number of hydrogen-bond donors (Lipinski definition) is 0. The molecule has 0 aliphatic heterocycles. The Bertz CT molecular complexity index is 3510. The fourth-order valence-corrected chi connectivity index (χ4v) is 9.15. The van der Waals surface area contributed by atoms with Gasteiger partial charge in [0.05, 0.1) is 27.8 Å². The molecule has 0 amide bonds. The van der Waals surface area contributed by atoms with Gasteiger partial charge in [-0.15, -0.1) is 0 Å². The van der Waals surface area contributed by atoms with Crippen molar-refractivity contribution in [3.05, 3.63) is 206 Å². The van der Waals surface area contributed by atoms with Crippen LogP contribution in [-0.2, 0) is 0 Å². The van der Waals surface area contributed by atoms with Crippen LogP contribution in [-0.4, -0.2) is 9.13 Å². The highest BCUT2D eigenvalue weighted by Gasteiger charge is 2.21. The Morgan fingerprint density at radius 3 is 1.63 bits per heavy atom. The molecule has 0 saturated heterocycles. The lowest BCUT2D eigenvalue weighted by Gasteiger charge is -2.14. The summed E-state index contributed by atoms with van der Waals surface area (Å²) in [5, 5.41) is 7.12. The molecule has 3 nitrogen and oxygen atoms in total. The molecule has 12 aromatic rings. The fourth-order valence-electron chi connectivity index (χ4n) is 9.15. The molecule has 0 fully saturated rings. The zero-order valence-corrected chi connectivity index (χ0v) is 30.9.